The van der Waals surface area contributed by atoms with Crippen molar-refractivity contribution in [2.75, 3.05) is 11.0 Å². The molecule has 98 valence electrons. The Kier molecular flexibility index (Phi) is 3.38. The normalized spacial score (nSPS) is 18.7. The summed E-state index contributed by atoms with van der Waals surface area (Å²) in [7, 11) is 0. The molecule has 0 aromatic heterocycles. The van der Waals surface area contributed by atoms with E-state index in [9.17, 15) is 18.0 Å². The van der Waals surface area contributed by atoms with Crippen LogP contribution in [0.25, 0.3) is 0 Å². The summed E-state index contributed by atoms with van der Waals surface area (Å²) in [6.45, 7) is -1.34. The first-order valence-corrected chi connectivity index (χ1v) is 5.59. The number of hydrogen-bond acceptors (Lipinski definition) is 2. The predicted octanol–water partition coefficient (Wildman–Crippen LogP) is 2.25. The fourth-order valence-corrected chi connectivity index (χ4v) is 2.17. The fraction of sp³-hybridized carbons (Fsp3) is 0.364. The van der Waals surface area contributed by atoms with Gasteiger partial charge in [0.2, 0.25) is 5.91 Å². The number of para-hydroxylation sites is 1. The van der Waals surface area contributed by atoms with Crippen molar-refractivity contribution in [3.05, 3.63) is 29.8 Å². The highest BCUT2D eigenvalue weighted by atomic mass is 35.5. The second-order valence-corrected chi connectivity index (χ2v) is 4.36. The zero-order valence-corrected chi connectivity index (χ0v) is 9.92. The molecule has 1 heterocycles. The van der Waals surface area contributed by atoms with Gasteiger partial charge in [-0.3, -0.25) is 9.21 Å². The Morgan fingerprint density at radius 2 is 2.11 bits per heavy atom. The molecule has 0 radical (unpaired) electrons. The van der Waals surface area contributed by atoms with Crippen molar-refractivity contribution in [2.45, 2.75) is 18.6 Å². The van der Waals surface area contributed by atoms with E-state index in [1.165, 1.54) is 4.42 Å². The van der Waals surface area contributed by atoms with Gasteiger partial charge in [-0.1, -0.05) is 18.2 Å². The monoisotopic (exact) mass is 278 g/mol. The van der Waals surface area contributed by atoms with Crippen molar-refractivity contribution in [1.29, 1.82) is 0 Å². The van der Waals surface area contributed by atoms with Crippen molar-refractivity contribution < 1.29 is 18.0 Å². The number of benzene rings is 1. The maximum atomic E-state index is 12.0. The third-order valence-corrected chi connectivity index (χ3v) is 3.09. The van der Waals surface area contributed by atoms with Gasteiger partial charge in [0.15, 0.2) is 0 Å². The minimum Gasteiger partial charge on any atom is -0.345 e. The van der Waals surface area contributed by atoms with Crippen molar-refractivity contribution >= 4 is 23.4 Å². The summed E-state index contributed by atoms with van der Waals surface area (Å²) < 4.78 is 37.2. The molecular weight excluding hydrogens is 269 g/mol. The number of alkyl halides is 3. The van der Waals surface area contributed by atoms with E-state index in [-0.39, 0.29) is 0 Å². The van der Waals surface area contributed by atoms with Gasteiger partial charge in [-0.2, -0.15) is 13.2 Å². The molecule has 0 saturated heterocycles. The molecule has 0 spiro atoms. The summed E-state index contributed by atoms with van der Waals surface area (Å²) in [6.07, 6.45) is -4.11. The summed E-state index contributed by atoms with van der Waals surface area (Å²) in [4.78, 5) is 11.6. The van der Waals surface area contributed by atoms with Gasteiger partial charge in [-0.05, 0) is 11.6 Å². The lowest BCUT2D eigenvalue weighted by molar-refractivity contribution is -0.138. The van der Waals surface area contributed by atoms with Crippen LogP contribution in [0.15, 0.2) is 24.3 Å². The Hall–Kier alpha value is -1.43. The third kappa shape index (κ3) is 2.69. The van der Waals surface area contributed by atoms with Crippen molar-refractivity contribution in [3.8, 4) is 0 Å². The van der Waals surface area contributed by atoms with Gasteiger partial charge in [-0.25, -0.2) is 0 Å². The van der Waals surface area contributed by atoms with Crippen molar-refractivity contribution in [3.63, 3.8) is 0 Å². The minimum absolute atomic E-state index is 0.309. The molecule has 0 unspecified atom stereocenters. The van der Waals surface area contributed by atoms with Crippen LogP contribution in [-0.4, -0.2) is 24.7 Å². The Bertz CT molecular complexity index is 464. The molecule has 1 aliphatic heterocycles. The van der Waals surface area contributed by atoms with E-state index in [0.29, 0.717) is 12.1 Å². The van der Waals surface area contributed by atoms with E-state index in [0.717, 1.165) is 5.56 Å². The van der Waals surface area contributed by atoms with Crippen LogP contribution in [0.3, 0.4) is 0 Å². The molecule has 7 heteroatoms. The van der Waals surface area contributed by atoms with Gasteiger partial charge in [0.1, 0.15) is 12.6 Å². The third-order valence-electron chi connectivity index (χ3n) is 2.67. The highest BCUT2D eigenvalue weighted by Gasteiger charge is 2.35. The second kappa shape index (κ2) is 4.68. The van der Waals surface area contributed by atoms with E-state index in [1.807, 2.05) is 5.32 Å². The van der Waals surface area contributed by atoms with Gasteiger partial charge in [0.25, 0.3) is 0 Å². The van der Waals surface area contributed by atoms with E-state index in [1.54, 1.807) is 24.3 Å². The van der Waals surface area contributed by atoms with Crippen LogP contribution < -0.4 is 9.74 Å². The number of halogens is 4. The molecule has 18 heavy (non-hydrogen) atoms. The molecule has 2 rings (SSSR count). The highest BCUT2D eigenvalue weighted by Crippen LogP contribution is 2.33. The molecule has 1 aromatic carbocycles. The van der Waals surface area contributed by atoms with E-state index in [2.05, 4.69) is 0 Å². The van der Waals surface area contributed by atoms with E-state index >= 15 is 0 Å². The molecule has 1 aromatic rings. The maximum Gasteiger partial charge on any atom is 0.405 e. The lowest BCUT2D eigenvalue weighted by Gasteiger charge is -2.19. The summed E-state index contributed by atoms with van der Waals surface area (Å²) in [5.41, 5.74) is 1.51. The zero-order valence-electron chi connectivity index (χ0n) is 9.17. The molecule has 1 amide bonds. The average molecular weight is 279 g/mol. The van der Waals surface area contributed by atoms with Crippen molar-refractivity contribution in [2.24, 2.45) is 0 Å². The van der Waals surface area contributed by atoms with Gasteiger partial charge < -0.3 is 5.32 Å². The summed E-state index contributed by atoms with van der Waals surface area (Å²) >= 11 is 5.94. The van der Waals surface area contributed by atoms with Crippen LogP contribution in [0, 0.1) is 0 Å². The first kappa shape index (κ1) is 13.0. The number of nitrogens with zero attached hydrogens (tertiary/aromatic N) is 1. The van der Waals surface area contributed by atoms with E-state index in [4.69, 9.17) is 11.8 Å². The number of carbonyl (C=O) groups is 1. The van der Waals surface area contributed by atoms with Gasteiger partial charge in [0.05, 0.1) is 5.69 Å². The molecule has 0 saturated carbocycles. The molecule has 0 bridgehead atoms. The fourth-order valence-electron chi connectivity index (χ4n) is 1.85. The lowest BCUT2D eigenvalue weighted by atomic mass is 10.1. The summed E-state index contributed by atoms with van der Waals surface area (Å²) in [5.74, 6) is -0.724. The molecular formula is C11H10ClF3N2O. The number of fused-ring (bicyclic) bond motifs is 1. The van der Waals surface area contributed by atoms with Crippen LogP contribution in [0.5, 0.6) is 0 Å². The predicted molar refractivity (Wildman–Crippen MR) is 61.3 cm³/mol. The molecule has 3 nitrogen and oxygen atoms in total. The summed E-state index contributed by atoms with van der Waals surface area (Å²) in [6, 6.07) is 6.26. The van der Waals surface area contributed by atoms with Crippen LogP contribution in [0.4, 0.5) is 18.9 Å². The van der Waals surface area contributed by atoms with Crippen LogP contribution in [0.1, 0.15) is 5.56 Å². The SMILES string of the molecule is O=C(NCC(F)(F)F)[C@H]1Cc2ccccc2N1Cl. The van der Waals surface area contributed by atoms with E-state index < -0.39 is 24.7 Å². The first-order chi connectivity index (χ1) is 8.38. The molecule has 1 N–H and O–H groups in total. The largest absolute Gasteiger partial charge is 0.405 e. The maximum absolute atomic E-state index is 12.0. The van der Waals surface area contributed by atoms with Crippen LogP contribution >= 0.6 is 11.8 Å². The zero-order chi connectivity index (χ0) is 13.3. The summed E-state index contributed by atoms with van der Waals surface area (Å²) in [5, 5.41) is 1.84. The first-order valence-electron chi connectivity index (χ1n) is 5.26. The Morgan fingerprint density at radius 3 is 2.72 bits per heavy atom. The number of amides is 1. The van der Waals surface area contributed by atoms with Gasteiger partial charge >= 0.3 is 6.18 Å². The molecule has 1 aliphatic rings. The Balaban J connectivity index is 2.03. The van der Waals surface area contributed by atoms with Gasteiger partial charge in [-0.15, -0.1) is 0 Å². The smallest absolute Gasteiger partial charge is 0.345 e. The molecule has 1 atom stereocenters. The number of rotatable bonds is 2. The average Bonchev–Trinajstić information content (AvgIpc) is 2.64. The topological polar surface area (TPSA) is 32.3 Å². The number of carbonyl (C=O) groups excluding carboxylic acids is 1. The Labute approximate surface area is 107 Å². The molecule has 0 aliphatic carbocycles. The number of anilines is 1. The van der Waals surface area contributed by atoms with Gasteiger partial charge in [0, 0.05) is 18.2 Å². The quantitative estimate of drug-likeness (QED) is 0.842. The van der Waals surface area contributed by atoms with Crippen molar-refractivity contribution in [1.82, 2.24) is 5.32 Å². The highest BCUT2D eigenvalue weighted by molar-refractivity contribution is 6.28. The number of hydrogen-bond donors (Lipinski definition) is 1. The second-order valence-electron chi connectivity index (χ2n) is 3.99. The standard InChI is InChI=1S/C11H10ClF3N2O/c12-17-8-4-2-1-3-7(8)5-9(17)10(18)16-6-11(13,14)15/h1-4,9H,5-6H2,(H,16,18)/t9-/m1/s1. The molecule has 0 fully saturated rings. The lowest BCUT2D eigenvalue weighted by Crippen LogP contribution is -2.44. The van der Waals surface area contributed by atoms with Crippen LogP contribution in [-0.2, 0) is 11.2 Å². The Morgan fingerprint density at radius 1 is 1.44 bits per heavy atom. The minimum atomic E-state index is -4.42. The number of nitrogens with one attached hydrogen (secondary N) is 1. The van der Waals surface area contributed by atoms with Crippen LogP contribution in [0.2, 0.25) is 0 Å².